The third kappa shape index (κ3) is 3.67. The normalized spacial score (nSPS) is 21.7. The fraction of sp³-hybridized carbons (Fsp3) is 0.941. The van der Waals surface area contributed by atoms with Crippen molar-refractivity contribution < 1.29 is 4.79 Å². The van der Waals surface area contributed by atoms with Crippen LogP contribution in [0, 0.1) is 0 Å². The first-order chi connectivity index (χ1) is 9.77. The van der Waals surface area contributed by atoms with Crippen LogP contribution in [0.25, 0.3) is 0 Å². The fourth-order valence-electron chi connectivity index (χ4n) is 4.05. The number of rotatable bonds is 4. The number of carbonyl (C=O) groups is 1. The molecule has 0 aromatic heterocycles. The monoisotopic (exact) mass is 280 g/mol. The number of hydrogen-bond donors (Lipinski definition) is 0. The van der Waals surface area contributed by atoms with Crippen molar-refractivity contribution in [1.82, 2.24) is 9.80 Å². The Morgan fingerprint density at radius 1 is 0.750 bits per heavy atom. The first-order valence-electron chi connectivity index (χ1n) is 8.85. The zero-order valence-electron chi connectivity index (χ0n) is 13.4. The topological polar surface area (TPSA) is 23.6 Å². The molecular weight excluding hydrogens is 248 g/mol. The molecule has 2 rings (SSSR count). The molecule has 0 N–H and O–H groups in total. The maximum atomic E-state index is 13.0. The highest BCUT2D eigenvalue weighted by molar-refractivity contribution is 5.75. The van der Waals surface area contributed by atoms with Gasteiger partial charge in [0.25, 0.3) is 0 Å². The molecule has 3 heteroatoms. The molecule has 2 aliphatic carbocycles. The van der Waals surface area contributed by atoms with Crippen molar-refractivity contribution in [2.24, 2.45) is 0 Å². The zero-order chi connectivity index (χ0) is 14.4. The van der Waals surface area contributed by atoms with E-state index in [1.165, 1.54) is 64.2 Å². The molecule has 0 aliphatic heterocycles. The summed E-state index contributed by atoms with van der Waals surface area (Å²) in [7, 11) is 0. The summed E-state index contributed by atoms with van der Waals surface area (Å²) in [5, 5.41) is 0. The van der Waals surface area contributed by atoms with Crippen molar-refractivity contribution in [2.45, 2.75) is 90.1 Å². The highest BCUT2D eigenvalue weighted by atomic mass is 16.2. The lowest BCUT2D eigenvalue weighted by atomic mass is 9.93. The number of urea groups is 1. The van der Waals surface area contributed by atoms with Gasteiger partial charge in [-0.2, -0.15) is 0 Å². The minimum atomic E-state index is 0.314. The van der Waals surface area contributed by atoms with E-state index in [-0.39, 0.29) is 0 Å². The summed E-state index contributed by atoms with van der Waals surface area (Å²) in [6, 6.07) is 1.31. The van der Waals surface area contributed by atoms with E-state index in [0.29, 0.717) is 18.1 Å². The summed E-state index contributed by atoms with van der Waals surface area (Å²) in [6.07, 6.45) is 12.7. The summed E-state index contributed by atoms with van der Waals surface area (Å²) in [4.78, 5) is 17.3. The molecule has 0 saturated heterocycles. The van der Waals surface area contributed by atoms with E-state index in [1.54, 1.807) is 0 Å². The molecule has 2 saturated carbocycles. The van der Waals surface area contributed by atoms with Crippen LogP contribution in [0.4, 0.5) is 4.79 Å². The number of carbonyl (C=O) groups excluding carboxylic acids is 1. The van der Waals surface area contributed by atoms with Crippen LogP contribution in [0.2, 0.25) is 0 Å². The second-order valence-electron chi connectivity index (χ2n) is 6.44. The average molecular weight is 280 g/mol. The minimum absolute atomic E-state index is 0.314. The van der Waals surface area contributed by atoms with Crippen molar-refractivity contribution in [3.8, 4) is 0 Å². The average Bonchev–Trinajstić information content (AvgIpc) is 2.51. The van der Waals surface area contributed by atoms with Gasteiger partial charge in [0.15, 0.2) is 0 Å². The van der Waals surface area contributed by atoms with Gasteiger partial charge in [-0.15, -0.1) is 0 Å². The summed E-state index contributed by atoms with van der Waals surface area (Å²) in [6.45, 7) is 6.02. The lowest BCUT2D eigenvalue weighted by Gasteiger charge is -2.41. The van der Waals surface area contributed by atoms with Crippen LogP contribution in [0.5, 0.6) is 0 Å². The van der Waals surface area contributed by atoms with Gasteiger partial charge in [0.1, 0.15) is 0 Å². The largest absolute Gasteiger partial charge is 0.322 e. The molecule has 20 heavy (non-hydrogen) atoms. The van der Waals surface area contributed by atoms with Gasteiger partial charge >= 0.3 is 6.03 Å². The Bertz CT molecular complexity index is 265. The summed E-state index contributed by atoms with van der Waals surface area (Å²) < 4.78 is 0. The second kappa shape index (κ2) is 7.90. The van der Waals surface area contributed by atoms with Gasteiger partial charge in [-0.1, -0.05) is 38.5 Å². The molecular formula is C17H32N2O. The molecule has 0 bridgehead atoms. The van der Waals surface area contributed by atoms with Gasteiger partial charge in [-0.3, -0.25) is 0 Å². The quantitative estimate of drug-likeness (QED) is 0.748. The Balaban J connectivity index is 2.00. The lowest BCUT2D eigenvalue weighted by molar-refractivity contribution is 0.1000. The van der Waals surface area contributed by atoms with Crippen LogP contribution in [0.15, 0.2) is 0 Å². The van der Waals surface area contributed by atoms with Crippen molar-refractivity contribution >= 4 is 6.03 Å². The van der Waals surface area contributed by atoms with Gasteiger partial charge in [0.05, 0.1) is 0 Å². The van der Waals surface area contributed by atoms with Crippen molar-refractivity contribution in [1.29, 1.82) is 0 Å². The van der Waals surface area contributed by atoms with E-state index in [1.807, 2.05) is 0 Å². The predicted octanol–water partition coefficient (Wildman–Crippen LogP) is 4.42. The van der Waals surface area contributed by atoms with Crippen molar-refractivity contribution in [3.63, 3.8) is 0 Å². The first kappa shape index (κ1) is 15.7. The minimum Gasteiger partial charge on any atom is -0.322 e. The van der Waals surface area contributed by atoms with Gasteiger partial charge in [-0.25, -0.2) is 4.79 Å². The Morgan fingerprint density at radius 3 is 1.40 bits per heavy atom. The predicted molar refractivity (Wildman–Crippen MR) is 83.9 cm³/mol. The first-order valence-corrected chi connectivity index (χ1v) is 8.85. The number of hydrogen-bond acceptors (Lipinski definition) is 1. The van der Waals surface area contributed by atoms with E-state index < -0.39 is 0 Å². The molecule has 0 unspecified atom stereocenters. The molecule has 2 aliphatic rings. The van der Waals surface area contributed by atoms with E-state index in [2.05, 4.69) is 23.6 Å². The summed E-state index contributed by atoms with van der Waals surface area (Å²) >= 11 is 0. The molecule has 0 aromatic carbocycles. The van der Waals surface area contributed by atoms with E-state index in [9.17, 15) is 4.79 Å². The van der Waals surface area contributed by atoms with Gasteiger partial charge in [0, 0.05) is 25.2 Å². The van der Waals surface area contributed by atoms with Crippen LogP contribution >= 0.6 is 0 Å². The van der Waals surface area contributed by atoms with Crippen LogP contribution in [-0.4, -0.2) is 41.0 Å². The Hall–Kier alpha value is -0.730. The van der Waals surface area contributed by atoms with E-state index >= 15 is 0 Å². The molecule has 0 heterocycles. The lowest BCUT2D eigenvalue weighted by Crippen LogP contribution is -2.52. The third-order valence-electron chi connectivity index (χ3n) is 5.20. The molecule has 0 atom stereocenters. The second-order valence-corrected chi connectivity index (χ2v) is 6.44. The van der Waals surface area contributed by atoms with Crippen LogP contribution in [0.1, 0.15) is 78.1 Å². The molecule has 3 nitrogen and oxygen atoms in total. The zero-order valence-corrected chi connectivity index (χ0v) is 13.4. The maximum Gasteiger partial charge on any atom is 0.320 e. The van der Waals surface area contributed by atoms with Crippen LogP contribution < -0.4 is 0 Å². The Kier molecular flexibility index (Phi) is 6.18. The number of nitrogens with zero attached hydrogens (tertiary/aromatic N) is 2. The Morgan fingerprint density at radius 2 is 1.10 bits per heavy atom. The third-order valence-corrected chi connectivity index (χ3v) is 5.20. The van der Waals surface area contributed by atoms with Crippen molar-refractivity contribution in [3.05, 3.63) is 0 Å². The standard InChI is InChI=1S/C17H32N2O/c1-3-18(15-11-7-5-8-12-15)17(20)19(4-2)16-13-9-6-10-14-16/h15-16H,3-14H2,1-2H3. The fourth-order valence-corrected chi connectivity index (χ4v) is 4.05. The smallest absolute Gasteiger partial charge is 0.320 e. The van der Waals surface area contributed by atoms with Crippen LogP contribution in [-0.2, 0) is 0 Å². The molecule has 116 valence electrons. The molecule has 0 aromatic rings. The molecule has 0 radical (unpaired) electrons. The van der Waals surface area contributed by atoms with Gasteiger partial charge < -0.3 is 9.80 Å². The van der Waals surface area contributed by atoms with E-state index in [4.69, 9.17) is 0 Å². The SMILES string of the molecule is CCN(C(=O)N(CC)C1CCCCC1)C1CCCCC1. The van der Waals surface area contributed by atoms with Gasteiger partial charge in [0.2, 0.25) is 0 Å². The maximum absolute atomic E-state index is 13.0. The van der Waals surface area contributed by atoms with Crippen molar-refractivity contribution in [2.75, 3.05) is 13.1 Å². The Labute approximate surface area is 124 Å². The van der Waals surface area contributed by atoms with Gasteiger partial charge in [-0.05, 0) is 39.5 Å². The van der Waals surface area contributed by atoms with Crippen LogP contribution in [0.3, 0.4) is 0 Å². The molecule has 0 spiro atoms. The molecule has 2 fully saturated rings. The number of amides is 2. The van der Waals surface area contributed by atoms with E-state index in [0.717, 1.165) is 13.1 Å². The molecule has 2 amide bonds. The highest BCUT2D eigenvalue weighted by Gasteiger charge is 2.31. The highest BCUT2D eigenvalue weighted by Crippen LogP contribution is 2.27. The summed E-state index contributed by atoms with van der Waals surface area (Å²) in [5.41, 5.74) is 0. The summed E-state index contributed by atoms with van der Waals surface area (Å²) in [5.74, 6) is 0.